The molecule has 0 unspecified atom stereocenters. The van der Waals surface area contributed by atoms with E-state index in [-0.39, 0.29) is 0 Å². The third-order valence-corrected chi connectivity index (χ3v) is 2.21. The quantitative estimate of drug-likeness (QED) is 0.647. The van der Waals surface area contributed by atoms with Crippen molar-refractivity contribution in [1.29, 1.82) is 0 Å². The summed E-state index contributed by atoms with van der Waals surface area (Å²) in [6, 6.07) is 0. The number of rotatable bonds is 5. The van der Waals surface area contributed by atoms with Crippen molar-refractivity contribution < 1.29 is 0 Å². The third-order valence-electron chi connectivity index (χ3n) is 2.21. The van der Waals surface area contributed by atoms with Crippen molar-refractivity contribution in [3.63, 3.8) is 0 Å². The highest BCUT2D eigenvalue weighted by atomic mass is 14.9. The van der Waals surface area contributed by atoms with Gasteiger partial charge in [-0.3, -0.25) is 0 Å². The zero-order valence-corrected chi connectivity index (χ0v) is 8.70. The fraction of sp³-hybridized carbons (Fsp3) is 1.00. The molecule has 1 nitrogen and oxygen atoms in total. The summed E-state index contributed by atoms with van der Waals surface area (Å²) in [5, 5.41) is 3.54. The highest BCUT2D eigenvalue weighted by Gasteiger charge is 2.12. The molecule has 0 bridgehead atoms. The van der Waals surface area contributed by atoms with Crippen LogP contribution in [-0.2, 0) is 0 Å². The summed E-state index contributed by atoms with van der Waals surface area (Å²) in [4.78, 5) is 0. The first-order chi connectivity index (χ1) is 4.98. The summed E-state index contributed by atoms with van der Waals surface area (Å²) in [6.07, 6.45) is 2.48. The fourth-order valence-electron chi connectivity index (χ4n) is 0.824. The predicted octanol–water partition coefficient (Wildman–Crippen LogP) is 2.81. The van der Waals surface area contributed by atoms with Gasteiger partial charge in [0.25, 0.3) is 0 Å². The van der Waals surface area contributed by atoms with Crippen LogP contribution in [0.2, 0.25) is 0 Å². The topological polar surface area (TPSA) is 12.0 Å². The van der Waals surface area contributed by atoms with E-state index in [0.717, 1.165) is 12.5 Å². The third kappa shape index (κ3) is 6.36. The maximum absolute atomic E-state index is 3.54. The second-order valence-corrected chi connectivity index (χ2v) is 4.35. The van der Waals surface area contributed by atoms with Gasteiger partial charge in [-0.25, -0.2) is 0 Å². The molecule has 0 aromatic heterocycles. The molecule has 0 aromatic rings. The van der Waals surface area contributed by atoms with Gasteiger partial charge in [-0.05, 0) is 39.2 Å². The normalized spacial score (nSPS) is 12.5. The Morgan fingerprint density at radius 3 is 2.18 bits per heavy atom. The molecule has 0 aliphatic heterocycles. The molecule has 0 aliphatic carbocycles. The second kappa shape index (κ2) is 4.76. The predicted molar refractivity (Wildman–Crippen MR) is 51.8 cm³/mol. The summed E-state index contributed by atoms with van der Waals surface area (Å²) in [6.45, 7) is 12.4. The van der Waals surface area contributed by atoms with Crippen LogP contribution in [0.25, 0.3) is 0 Å². The van der Waals surface area contributed by atoms with E-state index >= 15 is 0 Å². The molecule has 1 N–H and O–H groups in total. The molecule has 0 saturated heterocycles. The van der Waals surface area contributed by atoms with Crippen LogP contribution in [-0.4, -0.2) is 12.1 Å². The minimum absolute atomic E-state index is 0.328. The van der Waals surface area contributed by atoms with E-state index in [0.29, 0.717) is 5.54 Å². The molecule has 0 amide bonds. The van der Waals surface area contributed by atoms with Crippen molar-refractivity contribution in [3.8, 4) is 0 Å². The van der Waals surface area contributed by atoms with Crippen molar-refractivity contribution in [3.05, 3.63) is 0 Å². The summed E-state index contributed by atoms with van der Waals surface area (Å²) in [7, 11) is 0. The first-order valence-electron chi connectivity index (χ1n) is 4.73. The average molecular weight is 157 g/mol. The summed E-state index contributed by atoms with van der Waals surface area (Å²) in [5.74, 6) is 0.815. The average Bonchev–Trinajstić information content (AvgIpc) is 1.87. The number of hydrogen-bond donors (Lipinski definition) is 1. The van der Waals surface area contributed by atoms with Crippen LogP contribution < -0.4 is 5.32 Å². The molecule has 0 rings (SSSR count). The van der Waals surface area contributed by atoms with E-state index in [4.69, 9.17) is 0 Å². The molecule has 68 valence electrons. The molecule has 1 heteroatoms. The fourth-order valence-corrected chi connectivity index (χ4v) is 0.824. The van der Waals surface area contributed by atoms with Gasteiger partial charge >= 0.3 is 0 Å². The lowest BCUT2D eigenvalue weighted by Crippen LogP contribution is -2.39. The molecule has 0 saturated carbocycles. The van der Waals surface area contributed by atoms with E-state index in [9.17, 15) is 0 Å². The molecule has 0 aromatic carbocycles. The second-order valence-electron chi connectivity index (χ2n) is 4.35. The van der Waals surface area contributed by atoms with E-state index in [1.54, 1.807) is 0 Å². The maximum Gasteiger partial charge on any atom is 0.0122 e. The van der Waals surface area contributed by atoms with Crippen molar-refractivity contribution >= 4 is 0 Å². The van der Waals surface area contributed by atoms with Crippen LogP contribution in [0.1, 0.15) is 47.5 Å². The molecular formula is C10H23N. The zero-order valence-electron chi connectivity index (χ0n) is 8.70. The minimum Gasteiger partial charge on any atom is -0.312 e. The first-order valence-corrected chi connectivity index (χ1v) is 4.73. The van der Waals surface area contributed by atoms with Crippen LogP contribution in [0.5, 0.6) is 0 Å². The standard InChI is InChI=1S/C10H23N/c1-6-10(4,5)11-8-7-9(2)3/h9,11H,6-8H2,1-5H3. The Kier molecular flexibility index (Phi) is 4.74. The maximum atomic E-state index is 3.54. The van der Waals surface area contributed by atoms with Crippen LogP contribution >= 0.6 is 0 Å². The van der Waals surface area contributed by atoms with Gasteiger partial charge in [0.05, 0.1) is 0 Å². The van der Waals surface area contributed by atoms with Crippen molar-refractivity contribution in [2.45, 2.75) is 53.0 Å². The largest absolute Gasteiger partial charge is 0.312 e. The van der Waals surface area contributed by atoms with Gasteiger partial charge in [0, 0.05) is 5.54 Å². The van der Waals surface area contributed by atoms with Gasteiger partial charge in [0.15, 0.2) is 0 Å². The van der Waals surface area contributed by atoms with Gasteiger partial charge in [0.2, 0.25) is 0 Å². The molecule has 0 fully saturated rings. The Balaban J connectivity index is 3.38. The van der Waals surface area contributed by atoms with Crippen LogP contribution in [0.3, 0.4) is 0 Å². The van der Waals surface area contributed by atoms with Gasteiger partial charge in [-0.2, -0.15) is 0 Å². The summed E-state index contributed by atoms with van der Waals surface area (Å²) in [5.41, 5.74) is 0.328. The van der Waals surface area contributed by atoms with Crippen molar-refractivity contribution in [2.75, 3.05) is 6.54 Å². The van der Waals surface area contributed by atoms with Gasteiger partial charge < -0.3 is 5.32 Å². The smallest absolute Gasteiger partial charge is 0.0122 e. The molecule has 11 heavy (non-hydrogen) atoms. The summed E-state index contributed by atoms with van der Waals surface area (Å²) >= 11 is 0. The molecular weight excluding hydrogens is 134 g/mol. The Hall–Kier alpha value is -0.0400. The van der Waals surface area contributed by atoms with E-state index in [2.05, 4.69) is 39.9 Å². The van der Waals surface area contributed by atoms with E-state index in [1.807, 2.05) is 0 Å². The van der Waals surface area contributed by atoms with Gasteiger partial charge in [0.1, 0.15) is 0 Å². The molecule has 0 spiro atoms. The monoisotopic (exact) mass is 157 g/mol. The van der Waals surface area contributed by atoms with Crippen molar-refractivity contribution in [1.82, 2.24) is 5.32 Å². The lowest BCUT2D eigenvalue weighted by molar-refractivity contribution is 0.362. The molecule has 0 radical (unpaired) electrons. The zero-order chi connectivity index (χ0) is 8.91. The number of nitrogens with one attached hydrogen (secondary N) is 1. The Labute approximate surface area is 71.6 Å². The van der Waals surface area contributed by atoms with Gasteiger partial charge in [-0.15, -0.1) is 0 Å². The van der Waals surface area contributed by atoms with Crippen LogP contribution in [0.15, 0.2) is 0 Å². The molecule has 0 heterocycles. The van der Waals surface area contributed by atoms with Crippen LogP contribution in [0, 0.1) is 5.92 Å². The molecule has 0 atom stereocenters. The van der Waals surface area contributed by atoms with Crippen LogP contribution in [0.4, 0.5) is 0 Å². The lowest BCUT2D eigenvalue weighted by Gasteiger charge is -2.24. The minimum atomic E-state index is 0.328. The SMILES string of the molecule is CCC(C)(C)NCCC(C)C. The highest BCUT2D eigenvalue weighted by molar-refractivity contribution is 4.74. The molecule has 0 aliphatic rings. The van der Waals surface area contributed by atoms with Gasteiger partial charge in [-0.1, -0.05) is 20.8 Å². The first kappa shape index (κ1) is 11.0. The highest BCUT2D eigenvalue weighted by Crippen LogP contribution is 2.07. The van der Waals surface area contributed by atoms with Crippen molar-refractivity contribution in [2.24, 2.45) is 5.92 Å². The van der Waals surface area contributed by atoms with E-state index < -0.39 is 0 Å². The number of hydrogen-bond acceptors (Lipinski definition) is 1. The summed E-state index contributed by atoms with van der Waals surface area (Å²) < 4.78 is 0. The Morgan fingerprint density at radius 2 is 1.82 bits per heavy atom. The van der Waals surface area contributed by atoms with E-state index in [1.165, 1.54) is 12.8 Å². The Morgan fingerprint density at radius 1 is 1.27 bits per heavy atom. The lowest BCUT2D eigenvalue weighted by atomic mass is 10.0. The Bertz CT molecular complexity index is 95.0.